The molecule has 2 aliphatic heterocycles. The number of hydrogen-bond donors (Lipinski definition) is 0. The first-order valence-electron chi connectivity index (χ1n) is 14.6. The zero-order chi connectivity index (χ0) is 27.5. The summed E-state index contributed by atoms with van der Waals surface area (Å²) in [6.07, 6.45) is 3.06. The molecule has 0 N–H and O–H groups in total. The van der Waals surface area contributed by atoms with Gasteiger partial charge in [-0.2, -0.15) is 0 Å². The number of imidazole rings is 1. The van der Waals surface area contributed by atoms with Gasteiger partial charge in [-0.25, -0.2) is 4.98 Å². The standard InChI is InChI=1S/C33H38ClN5O/c1-2-25-11-15-29(16-12-25)37-18-20-38(21-19-37)33(40)27-6-5-17-36(23-27)24-32-35-30-7-3-4-8-31(30)39(32)22-26-9-13-28(34)14-10-26/h3-4,7-16,27H,2,5-6,17-24H2,1H3/t27-/m0/s1. The van der Waals surface area contributed by atoms with E-state index in [0.717, 1.165) is 93.5 Å². The molecule has 1 aromatic heterocycles. The van der Waals surface area contributed by atoms with Crippen molar-refractivity contribution < 1.29 is 4.79 Å². The highest BCUT2D eigenvalue weighted by Crippen LogP contribution is 2.25. The van der Waals surface area contributed by atoms with Crippen LogP contribution in [0.1, 0.15) is 36.7 Å². The molecule has 0 spiro atoms. The van der Waals surface area contributed by atoms with E-state index in [4.69, 9.17) is 16.6 Å². The van der Waals surface area contributed by atoms with Gasteiger partial charge in [0.25, 0.3) is 0 Å². The quantitative estimate of drug-likeness (QED) is 0.286. The third-order valence-electron chi connectivity index (χ3n) is 8.51. The lowest BCUT2D eigenvalue weighted by molar-refractivity contribution is -0.137. The number of fused-ring (bicyclic) bond motifs is 1. The Kier molecular flexibility index (Phi) is 8.08. The van der Waals surface area contributed by atoms with Crippen LogP contribution in [0.3, 0.4) is 0 Å². The first-order chi connectivity index (χ1) is 19.6. The summed E-state index contributed by atoms with van der Waals surface area (Å²) in [7, 11) is 0. The largest absolute Gasteiger partial charge is 0.368 e. The molecule has 0 bridgehead atoms. The second-order valence-electron chi connectivity index (χ2n) is 11.1. The van der Waals surface area contributed by atoms with Gasteiger partial charge < -0.3 is 14.4 Å². The maximum atomic E-state index is 13.6. The summed E-state index contributed by atoms with van der Waals surface area (Å²) in [6.45, 7) is 8.83. The molecule has 1 amide bonds. The Hall–Kier alpha value is -3.35. The number of anilines is 1. The number of aryl methyl sites for hydroxylation is 1. The number of amides is 1. The molecule has 0 unspecified atom stereocenters. The molecular formula is C33H38ClN5O. The van der Waals surface area contributed by atoms with Crippen molar-refractivity contribution >= 4 is 34.2 Å². The van der Waals surface area contributed by atoms with Crippen molar-refractivity contribution in [3.05, 3.63) is 94.8 Å². The van der Waals surface area contributed by atoms with Crippen LogP contribution in [0.15, 0.2) is 72.8 Å². The van der Waals surface area contributed by atoms with Crippen LogP contribution in [0.2, 0.25) is 5.02 Å². The van der Waals surface area contributed by atoms with Gasteiger partial charge in [0.15, 0.2) is 0 Å². The van der Waals surface area contributed by atoms with Gasteiger partial charge in [-0.15, -0.1) is 0 Å². The maximum Gasteiger partial charge on any atom is 0.227 e. The van der Waals surface area contributed by atoms with Crippen LogP contribution in [-0.4, -0.2) is 64.5 Å². The Morgan fingerprint density at radius 3 is 2.35 bits per heavy atom. The summed E-state index contributed by atoms with van der Waals surface area (Å²) < 4.78 is 2.32. The minimum atomic E-state index is 0.0539. The lowest BCUT2D eigenvalue weighted by Gasteiger charge is -2.39. The molecule has 6 rings (SSSR count). The van der Waals surface area contributed by atoms with Crippen LogP contribution in [0.25, 0.3) is 11.0 Å². The Labute approximate surface area is 242 Å². The predicted molar refractivity (Wildman–Crippen MR) is 163 cm³/mol. The average molecular weight is 556 g/mol. The van der Waals surface area contributed by atoms with E-state index in [1.165, 1.54) is 16.8 Å². The van der Waals surface area contributed by atoms with E-state index in [1.54, 1.807) is 0 Å². The van der Waals surface area contributed by atoms with Gasteiger partial charge in [-0.1, -0.05) is 54.9 Å². The number of piperazine rings is 1. The minimum Gasteiger partial charge on any atom is -0.368 e. The van der Waals surface area contributed by atoms with E-state index in [-0.39, 0.29) is 5.92 Å². The zero-order valence-electron chi connectivity index (χ0n) is 23.3. The second-order valence-corrected chi connectivity index (χ2v) is 11.6. The van der Waals surface area contributed by atoms with E-state index in [1.807, 2.05) is 18.2 Å². The summed E-state index contributed by atoms with van der Waals surface area (Å²) in [5, 5.41) is 0.746. The molecule has 3 heterocycles. The summed E-state index contributed by atoms with van der Waals surface area (Å²) in [6, 6.07) is 25.2. The molecule has 1 atom stereocenters. The molecule has 3 aromatic carbocycles. The van der Waals surface area contributed by atoms with Crippen LogP contribution in [0.5, 0.6) is 0 Å². The molecule has 4 aromatic rings. The number of nitrogens with zero attached hydrogens (tertiary/aromatic N) is 5. The van der Waals surface area contributed by atoms with Crippen LogP contribution >= 0.6 is 11.6 Å². The van der Waals surface area contributed by atoms with Crippen LogP contribution in [0.4, 0.5) is 5.69 Å². The Morgan fingerprint density at radius 2 is 1.60 bits per heavy atom. The molecule has 208 valence electrons. The summed E-state index contributed by atoms with van der Waals surface area (Å²) in [5.74, 6) is 1.42. The number of halogens is 1. The number of hydrogen-bond acceptors (Lipinski definition) is 4. The van der Waals surface area contributed by atoms with Gasteiger partial charge in [0, 0.05) is 50.0 Å². The highest BCUT2D eigenvalue weighted by Gasteiger charge is 2.31. The molecule has 0 saturated carbocycles. The molecule has 2 aliphatic rings. The average Bonchev–Trinajstić information content (AvgIpc) is 3.34. The molecule has 40 heavy (non-hydrogen) atoms. The monoisotopic (exact) mass is 555 g/mol. The van der Waals surface area contributed by atoms with Crippen molar-refractivity contribution in [1.82, 2.24) is 19.4 Å². The summed E-state index contributed by atoms with van der Waals surface area (Å²) in [4.78, 5) is 25.6. The fraction of sp³-hybridized carbons (Fsp3) is 0.394. The van der Waals surface area contributed by atoms with Gasteiger partial charge in [-0.05, 0) is 73.3 Å². The maximum absolute atomic E-state index is 13.6. The first kappa shape index (κ1) is 26.9. The molecule has 0 radical (unpaired) electrons. The van der Waals surface area contributed by atoms with Gasteiger partial charge >= 0.3 is 0 Å². The van der Waals surface area contributed by atoms with Crippen molar-refractivity contribution in [3.63, 3.8) is 0 Å². The fourth-order valence-corrected chi connectivity index (χ4v) is 6.31. The lowest BCUT2D eigenvalue weighted by Crippen LogP contribution is -2.52. The topological polar surface area (TPSA) is 44.6 Å². The van der Waals surface area contributed by atoms with Crippen LogP contribution in [0, 0.1) is 5.92 Å². The molecule has 2 saturated heterocycles. The summed E-state index contributed by atoms with van der Waals surface area (Å²) in [5.41, 5.74) is 5.97. The fourth-order valence-electron chi connectivity index (χ4n) is 6.18. The number of benzene rings is 3. The normalized spacial score (nSPS) is 18.4. The number of piperidine rings is 1. The lowest BCUT2D eigenvalue weighted by atomic mass is 9.96. The number of carbonyl (C=O) groups is 1. The Morgan fingerprint density at radius 1 is 0.875 bits per heavy atom. The molecule has 6 nitrogen and oxygen atoms in total. The minimum absolute atomic E-state index is 0.0539. The molecule has 0 aliphatic carbocycles. The third kappa shape index (κ3) is 5.89. The number of aromatic nitrogens is 2. The van der Waals surface area contributed by atoms with Crippen LogP contribution < -0.4 is 4.90 Å². The highest BCUT2D eigenvalue weighted by molar-refractivity contribution is 6.30. The smallest absolute Gasteiger partial charge is 0.227 e. The van der Waals surface area contributed by atoms with Crippen molar-refractivity contribution in [2.75, 3.05) is 44.2 Å². The van der Waals surface area contributed by atoms with E-state index >= 15 is 0 Å². The molecule has 2 fully saturated rings. The van der Waals surface area contributed by atoms with E-state index in [2.05, 4.69) is 80.8 Å². The Balaban J connectivity index is 1.10. The van der Waals surface area contributed by atoms with Crippen molar-refractivity contribution in [2.24, 2.45) is 5.92 Å². The van der Waals surface area contributed by atoms with E-state index in [9.17, 15) is 4.79 Å². The first-order valence-corrected chi connectivity index (χ1v) is 15.0. The van der Waals surface area contributed by atoms with Crippen molar-refractivity contribution in [2.45, 2.75) is 39.3 Å². The predicted octanol–water partition coefficient (Wildman–Crippen LogP) is 5.86. The Bertz CT molecular complexity index is 1440. The number of carbonyl (C=O) groups excluding carboxylic acids is 1. The second kappa shape index (κ2) is 12.0. The van der Waals surface area contributed by atoms with Crippen LogP contribution in [-0.2, 0) is 24.3 Å². The van der Waals surface area contributed by atoms with E-state index in [0.29, 0.717) is 5.91 Å². The molecule has 7 heteroatoms. The number of para-hydroxylation sites is 2. The van der Waals surface area contributed by atoms with Crippen molar-refractivity contribution in [1.29, 1.82) is 0 Å². The third-order valence-corrected chi connectivity index (χ3v) is 8.76. The van der Waals surface area contributed by atoms with Crippen molar-refractivity contribution in [3.8, 4) is 0 Å². The van der Waals surface area contributed by atoms with Gasteiger partial charge in [0.05, 0.1) is 23.5 Å². The number of rotatable bonds is 7. The van der Waals surface area contributed by atoms with Gasteiger partial charge in [0.1, 0.15) is 5.82 Å². The van der Waals surface area contributed by atoms with Gasteiger partial charge in [0.2, 0.25) is 5.91 Å². The molecular weight excluding hydrogens is 518 g/mol. The van der Waals surface area contributed by atoms with Gasteiger partial charge in [-0.3, -0.25) is 9.69 Å². The summed E-state index contributed by atoms with van der Waals surface area (Å²) >= 11 is 6.13. The highest BCUT2D eigenvalue weighted by atomic mass is 35.5. The number of likely N-dealkylation sites (tertiary alicyclic amines) is 1. The zero-order valence-corrected chi connectivity index (χ0v) is 24.1. The SMILES string of the molecule is CCc1ccc(N2CCN(C(=O)[C@H]3CCCN(Cc4nc5ccccc5n4Cc4ccc(Cl)cc4)C3)CC2)cc1. The van der Waals surface area contributed by atoms with E-state index < -0.39 is 0 Å².